The molecule has 0 fully saturated rings. The summed E-state index contributed by atoms with van der Waals surface area (Å²) in [4.78, 5) is 23.8. The second kappa shape index (κ2) is 7.92. The van der Waals surface area contributed by atoms with Crippen LogP contribution in [0.5, 0.6) is 0 Å². The van der Waals surface area contributed by atoms with Gasteiger partial charge in [-0.3, -0.25) is 9.59 Å². The molecule has 0 saturated carbocycles. The first-order valence-electron chi connectivity index (χ1n) is 7.80. The number of rotatable bonds is 6. The summed E-state index contributed by atoms with van der Waals surface area (Å²) in [6, 6.07) is 18.1. The second-order valence-electron chi connectivity index (χ2n) is 5.33. The molecule has 25 heavy (non-hydrogen) atoms. The fourth-order valence-corrected chi connectivity index (χ4v) is 2.23. The number of esters is 1. The van der Waals surface area contributed by atoms with Gasteiger partial charge in [0.2, 0.25) is 0 Å². The normalized spacial score (nSPS) is 10.2. The van der Waals surface area contributed by atoms with E-state index in [0.717, 1.165) is 11.3 Å². The molecule has 6 nitrogen and oxygen atoms in total. The Labute approximate surface area is 145 Å². The lowest BCUT2D eigenvalue weighted by Crippen LogP contribution is -2.30. The Bertz CT molecular complexity index is 828. The molecule has 0 bridgehead atoms. The van der Waals surface area contributed by atoms with Gasteiger partial charge in [-0.1, -0.05) is 30.3 Å². The van der Waals surface area contributed by atoms with E-state index < -0.39 is 5.97 Å². The van der Waals surface area contributed by atoms with E-state index in [9.17, 15) is 9.59 Å². The van der Waals surface area contributed by atoms with E-state index in [1.165, 1.54) is 0 Å². The third kappa shape index (κ3) is 4.54. The van der Waals surface area contributed by atoms with Gasteiger partial charge in [0, 0.05) is 18.0 Å². The maximum Gasteiger partial charge on any atom is 0.325 e. The number of carbonyl (C=O) groups is 2. The smallest absolute Gasteiger partial charge is 0.325 e. The second-order valence-corrected chi connectivity index (χ2v) is 5.33. The Kier molecular flexibility index (Phi) is 5.21. The van der Waals surface area contributed by atoms with Crippen molar-refractivity contribution in [3.8, 4) is 5.69 Å². The number of nitrogens with zero attached hydrogens (tertiary/aromatic N) is 2. The van der Waals surface area contributed by atoms with Crippen LogP contribution in [-0.2, 0) is 16.1 Å². The maximum absolute atomic E-state index is 12.1. The quantitative estimate of drug-likeness (QED) is 0.702. The van der Waals surface area contributed by atoms with Crippen LogP contribution in [0.1, 0.15) is 15.9 Å². The molecule has 1 amide bonds. The SMILES string of the molecule is O=C(CNC(=O)c1ccc(-n2cccn2)cc1)OCc1ccccc1. The molecule has 1 heterocycles. The molecule has 0 saturated heterocycles. The summed E-state index contributed by atoms with van der Waals surface area (Å²) in [5.74, 6) is -0.811. The number of nitrogens with one attached hydrogen (secondary N) is 1. The van der Waals surface area contributed by atoms with Crippen molar-refractivity contribution >= 4 is 11.9 Å². The first-order valence-corrected chi connectivity index (χ1v) is 7.80. The van der Waals surface area contributed by atoms with Crippen LogP contribution in [0.15, 0.2) is 73.1 Å². The average Bonchev–Trinajstić information content (AvgIpc) is 3.20. The van der Waals surface area contributed by atoms with Crippen LogP contribution < -0.4 is 5.32 Å². The van der Waals surface area contributed by atoms with Gasteiger partial charge in [-0.05, 0) is 35.9 Å². The highest BCUT2D eigenvalue weighted by atomic mass is 16.5. The lowest BCUT2D eigenvalue weighted by Gasteiger charge is -2.07. The van der Waals surface area contributed by atoms with Crippen LogP contribution in [0.3, 0.4) is 0 Å². The number of carbonyl (C=O) groups excluding carboxylic acids is 2. The Balaban J connectivity index is 1.48. The fraction of sp³-hybridized carbons (Fsp3) is 0.105. The lowest BCUT2D eigenvalue weighted by atomic mass is 10.2. The molecule has 0 atom stereocenters. The molecule has 2 aromatic carbocycles. The Morgan fingerprint density at radius 3 is 2.44 bits per heavy atom. The molecule has 6 heteroatoms. The summed E-state index contributed by atoms with van der Waals surface area (Å²) in [6.07, 6.45) is 3.50. The van der Waals surface area contributed by atoms with Crippen LogP contribution in [0.25, 0.3) is 5.69 Å². The predicted molar refractivity (Wildman–Crippen MR) is 92.1 cm³/mol. The van der Waals surface area contributed by atoms with E-state index in [4.69, 9.17) is 4.74 Å². The van der Waals surface area contributed by atoms with Crippen molar-refractivity contribution in [3.05, 3.63) is 84.2 Å². The van der Waals surface area contributed by atoms with E-state index in [2.05, 4.69) is 10.4 Å². The largest absolute Gasteiger partial charge is 0.460 e. The van der Waals surface area contributed by atoms with Gasteiger partial charge in [0.25, 0.3) is 5.91 Å². The van der Waals surface area contributed by atoms with Gasteiger partial charge >= 0.3 is 5.97 Å². The zero-order valence-electron chi connectivity index (χ0n) is 13.5. The van der Waals surface area contributed by atoms with Crippen molar-refractivity contribution < 1.29 is 14.3 Å². The predicted octanol–water partition coefficient (Wildman–Crippen LogP) is 2.35. The highest BCUT2D eigenvalue weighted by Crippen LogP contribution is 2.08. The lowest BCUT2D eigenvalue weighted by molar-refractivity contribution is -0.143. The Morgan fingerprint density at radius 1 is 1.00 bits per heavy atom. The zero-order chi connectivity index (χ0) is 17.5. The number of ether oxygens (including phenoxy) is 1. The minimum atomic E-state index is -0.481. The molecular weight excluding hydrogens is 318 g/mol. The topological polar surface area (TPSA) is 73.2 Å². The summed E-state index contributed by atoms with van der Waals surface area (Å²) in [5.41, 5.74) is 2.21. The first-order chi connectivity index (χ1) is 12.2. The van der Waals surface area contributed by atoms with Crippen molar-refractivity contribution in [3.63, 3.8) is 0 Å². The molecule has 0 aliphatic heterocycles. The maximum atomic E-state index is 12.1. The number of amides is 1. The van der Waals surface area contributed by atoms with Gasteiger partial charge in [-0.15, -0.1) is 0 Å². The molecule has 126 valence electrons. The van der Waals surface area contributed by atoms with E-state index in [1.54, 1.807) is 35.1 Å². The van der Waals surface area contributed by atoms with Gasteiger partial charge in [0.05, 0.1) is 5.69 Å². The van der Waals surface area contributed by atoms with Crippen LogP contribution in [0, 0.1) is 0 Å². The third-order valence-electron chi connectivity index (χ3n) is 3.53. The molecule has 0 aliphatic rings. The summed E-state index contributed by atoms with van der Waals surface area (Å²) in [7, 11) is 0. The van der Waals surface area contributed by atoms with Crippen molar-refractivity contribution in [1.82, 2.24) is 15.1 Å². The van der Waals surface area contributed by atoms with Gasteiger partial charge in [-0.2, -0.15) is 5.10 Å². The molecule has 0 spiro atoms. The number of hydrogen-bond acceptors (Lipinski definition) is 4. The number of aromatic nitrogens is 2. The van der Waals surface area contributed by atoms with E-state index in [1.807, 2.05) is 42.6 Å². The molecular formula is C19H17N3O3. The highest BCUT2D eigenvalue weighted by molar-refractivity contribution is 5.96. The summed E-state index contributed by atoms with van der Waals surface area (Å²) in [6.45, 7) is 0.0146. The van der Waals surface area contributed by atoms with Gasteiger partial charge in [0.1, 0.15) is 13.2 Å². The van der Waals surface area contributed by atoms with E-state index >= 15 is 0 Å². The van der Waals surface area contributed by atoms with Gasteiger partial charge < -0.3 is 10.1 Å². The van der Waals surface area contributed by atoms with Crippen LogP contribution in [0.4, 0.5) is 0 Å². The summed E-state index contributed by atoms with van der Waals surface area (Å²) < 4.78 is 6.81. The Hall–Kier alpha value is -3.41. The van der Waals surface area contributed by atoms with Crippen LogP contribution in [-0.4, -0.2) is 28.2 Å². The highest BCUT2D eigenvalue weighted by Gasteiger charge is 2.09. The molecule has 3 rings (SSSR count). The molecule has 0 aliphatic carbocycles. The number of hydrogen-bond donors (Lipinski definition) is 1. The molecule has 0 radical (unpaired) electrons. The molecule has 1 aromatic heterocycles. The van der Waals surface area contributed by atoms with Crippen molar-refractivity contribution in [2.24, 2.45) is 0 Å². The average molecular weight is 335 g/mol. The van der Waals surface area contributed by atoms with Crippen molar-refractivity contribution in [1.29, 1.82) is 0 Å². The summed E-state index contributed by atoms with van der Waals surface area (Å²) >= 11 is 0. The monoisotopic (exact) mass is 335 g/mol. The molecule has 1 N–H and O–H groups in total. The van der Waals surface area contributed by atoms with Gasteiger partial charge in [0.15, 0.2) is 0 Å². The minimum absolute atomic E-state index is 0.174. The molecule has 3 aromatic rings. The van der Waals surface area contributed by atoms with Crippen molar-refractivity contribution in [2.75, 3.05) is 6.54 Å². The van der Waals surface area contributed by atoms with Crippen LogP contribution >= 0.6 is 0 Å². The van der Waals surface area contributed by atoms with Gasteiger partial charge in [-0.25, -0.2) is 4.68 Å². The molecule has 0 unspecified atom stereocenters. The zero-order valence-corrected chi connectivity index (χ0v) is 13.5. The Morgan fingerprint density at radius 2 is 1.76 bits per heavy atom. The van der Waals surface area contributed by atoms with E-state index in [0.29, 0.717) is 5.56 Å². The van der Waals surface area contributed by atoms with Crippen LogP contribution in [0.2, 0.25) is 0 Å². The fourth-order valence-electron chi connectivity index (χ4n) is 2.23. The third-order valence-corrected chi connectivity index (χ3v) is 3.53. The standard InChI is InChI=1S/C19H17N3O3/c23-18(25-14-15-5-2-1-3-6-15)13-20-19(24)16-7-9-17(10-8-16)22-12-4-11-21-22/h1-12H,13-14H2,(H,20,24). The first kappa shape index (κ1) is 16.4. The summed E-state index contributed by atoms with van der Waals surface area (Å²) in [5, 5.41) is 6.67. The minimum Gasteiger partial charge on any atom is -0.460 e. The van der Waals surface area contributed by atoms with E-state index in [-0.39, 0.29) is 19.1 Å². The number of benzene rings is 2. The van der Waals surface area contributed by atoms with Crippen molar-refractivity contribution in [2.45, 2.75) is 6.61 Å².